The summed E-state index contributed by atoms with van der Waals surface area (Å²) in [6.45, 7) is 5.16. The van der Waals surface area contributed by atoms with Crippen LogP contribution in [0, 0.1) is 5.92 Å². The normalized spacial score (nSPS) is 19.6. The van der Waals surface area contributed by atoms with Crippen LogP contribution in [0.2, 0.25) is 0 Å². The van der Waals surface area contributed by atoms with E-state index in [1.54, 1.807) is 30.1 Å². The summed E-state index contributed by atoms with van der Waals surface area (Å²) in [7, 11) is 1.63. The van der Waals surface area contributed by atoms with Crippen LogP contribution >= 0.6 is 11.5 Å². The second kappa shape index (κ2) is 10.3. The number of anilines is 1. The van der Waals surface area contributed by atoms with E-state index in [0.29, 0.717) is 11.8 Å². The van der Waals surface area contributed by atoms with E-state index in [4.69, 9.17) is 4.74 Å². The quantitative estimate of drug-likeness (QED) is 0.518. The fourth-order valence-corrected chi connectivity index (χ4v) is 5.63. The first-order valence-corrected chi connectivity index (χ1v) is 13.0. The Balaban J connectivity index is 1.27. The SMILES string of the molecule is COc1cncc(-c2cc(C(C)n3ccc(N4CCC[C@@H](NCC5CCC5)C4)cc3=O)sn2)c1. The predicted molar refractivity (Wildman–Crippen MR) is 137 cm³/mol. The molecule has 2 aliphatic rings. The highest BCUT2D eigenvalue weighted by atomic mass is 32.1. The van der Waals surface area contributed by atoms with Gasteiger partial charge in [0.25, 0.3) is 5.56 Å². The molecule has 0 aromatic carbocycles. The largest absolute Gasteiger partial charge is 0.495 e. The van der Waals surface area contributed by atoms with Crippen molar-refractivity contribution < 1.29 is 4.74 Å². The molecule has 1 unspecified atom stereocenters. The lowest BCUT2D eigenvalue weighted by atomic mass is 9.85. The van der Waals surface area contributed by atoms with Gasteiger partial charge in [-0.3, -0.25) is 9.78 Å². The van der Waals surface area contributed by atoms with Crippen LogP contribution in [0.4, 0.5) is 5.69 Å². The van der Waals surface area contributed by atoms with E-state index in [0.717, 1.165) is 53.8 Å². The maximum Gasteiger partial charge on any atom is 0.253 e. The fourth-order valence-electron chi connectivity index (χ4n) is 4.83. The number of nitrogens with one attached hydrogen (secondary N) is 1. The molecule has 7 nitrogen and oxygen atoms in total. The third-order valence-corrected chi connectivity index (χ3v) is 8.20. The van der Waals surface area contributed by atoms with E-state index in [1.807, 2.05) is 25.3 Å². The Morgan fingerprint density at radius 1 is 1.21 bits per heavy atom. The molecule has 3 aromatic heterocycles. The van der Waals surface area contributed by atoms with Crippen LogP contribution in [0.5, 0.6) is 5.75 Å². The summed E-state index contributed by atoms with van der Waals surface area (Å²) in [6.07, 6.45) is 11.9. The Hall–Kier alpha value is -2.71. The van der Waals surface area contributed by atoms with Crippen LogP contribution in [0.15, 0.2) is 47.7 Å². The first-order valence-electron chi connectivity index (χ1n) is 12.3. The lowest BCUT2D eigenvalue weighted by Gasteiger charge is -2.36. The Morgan fingerprint density at radius 3 is 2.85 bits per heavy atom. The van der Waals surface area contributed by atoms with E-state index in [-0.39, 0.29) is 11.6 Å². The van der Waals surface area contributed by atoms with Crippen LogP contribution in [0.1, 0.15) is 49.9 Å². The molecular formula is C26H33N5O2S. The van der Waals surface area contributed by atoms with Crippen molar-refractivity contribution in [3.8, 4) is 17.0 Å². The second-order valence-electron chi connectivity index (χ2n) is 9.52. The van der Waals surface area contributed by atoms with Crippen molar-refractivity contribution in [2.75, 3.05) is 31.6 Å². The summed E-state index contributed by atoms with van der Waals surface area (Å²) in [4.78, 5) is 20.7. The Kier molecular flexibility index (Phi) is 6.97. The molecule has 5 rings (SSSR count). The molecule has 2 fully saturated rings. The average molecular weight is 480 g/mol. The fraction of sp³-hybridized carbons (Fsp3) is 0.500. The third-order valence-electron chi connectivity index (χ3n) is 7.24. The molecule has 0 radical (unpaired) electrons. The molecule has 180 valence electrons. The number of rotatable bonds is 8. The smallest absolute Gasteiger partial charge is 0.253 e. The van der Waals surface area contributed by atoms with Gasteiger partial charge in [0.1, 0.15) is 5.75 Å². The van der Waals surface area contributed by atoms with E-state index in [2.05, 4.69) is 25.6 Å². The van der Waals surface area contributed by atoms with E-state index in [1.165, 1.54) is 37.2 Å². The second-order valence-corrected chi connectivity index (χ2v) is 10.4. The Labute approximate surface area is 205 Å². The molecule has 3 aromatic rings. The summed E-state index contributed by atoms with van der Waals surface area (Å²) in [5, 5.41) is 3.77. The predicted octanol–water partition coefficient (Wildman–Crippen LogP) is 4.34. The highest BCUT2D eigenvalue weighted by molar-refractivity contribution is 7.06. The van der Waals surface area contributed by atoms with Gasteiger partial charge in [0.2, 0.25) is 0 Å². The Morgan fingerprint density at radius 2 is 2.09 bits per heavy atom. The number of methoxy groups -OCH3 is 1. The number of hydrogen-bond acceptors (Lipinski definition) is 7. The van der Waals surface area contributed by atoms with Gasteiger partial charge < -0.3 is 19.5 Å². The molecule has 1 aliphatic carbocycles. The molecule has 0 spiro atoms. The zero-order chi connectivity index (χ0) is 23.5. The molecule has 2 atom stereocenters. The molecule has 0 amide bonds. The van der Waals surface area contributed by atoms with Gasteiger partial charge in [-0.05, 0) is 74.8 Å². The number of nitrogens with zero attached hydrogens (tertiary/aromatic N) is 4. The van der Waals surface area contributed by atoms with E-state index in [9.17, 15) is 4.79 Å². The summed E-state index contributed by atoms with van der Waals surface area (Å²) >= 11 is 1.42. The van der Waals surface area contributed by atoms with Crippen molar-refractivity contribution in [2.45, 2.75) is 51.1 Å². The summed E-state index contributed by atoms with van der Waals surface area (Å²) < 4.78 is 11.7. The highest BCUT2D eigenvalue weighted by Gasteiger charge is 2.24. The average Bonchev–Trinajstić information content (AvgIpc) is 3.33. The minimum Gasteiger partial charge on any atom is -0.495 e. The summed E-state index contributed by atoms with van der Waals surface area (Å²) in [5.41, 5.74) is 2.79. The molecular weight excluding hydrogens is 446 g/mol. The third kappa shape index (κ3) is 5.03. The van der Waals surface area contributed by atoms with Gasteiger partial charge in [-0.25, -0.2) is 0 Å². The zero-order valence-corrected chi connectivity index (χ0v) is 20.8. The molecule has 0 bridgehead atoms. The van der Waals surface area contributed by atoms with Gasteiger partial charge >= 0.3 is 0 Å². The first-order chi connectivity index (χ1) is 16.6. The maximum absolute atomic E-state index is 13.1. The molecule has 1 N–H and O–H groups in total. The Bertz CT molecular complexity index is 1170. The minimum absolute atomic E-state index is 0.0209. The van der Waals surface area contributed by atoms with Gasteiger partial charge in [0, 0.05) is 53.7 Å². The topological polar surface area (TPSA) is 72.3 Å². The number of pyridine rings is 2. The standard InChI is InChI=1S/C26H33N5O2S/c1-18(25-13-24(29-34-25)20-11-23(33-2)16-27-15-20)31-10-8-22(12-26(31)32)30-9-4-7-21(17-30)28-14-19-5-3-6-19/h8,10-13,15-16,18-19,21,28H,3-7,9,14,17H2,1-2H3/t18?,21-/m1/s1. The lowest BCUT2D eigenvalue weighted by Crippen LogP contribution is -2.47. The van der Waals surface area contributed by atoms with E-state index < -0.39 is 0 Å². The van der Waals surface area contributed by atoms with Gasteiger partial charge in [-0.1, -0.05) is 6.42 Å². The van der Waals surface area contributed by atoms with Gasteiger partial charge in [0.05, 0.1) is 25.0 Å². The minimum atomic E-state index is -0.0929. The molecule has 1 aliphatic heterocycles. The van der Waals surface area contributed by atoms with Crippen LogP contribution < -0.4 is 20.5 Å². The number of piperidine rings is 1. The zero-order valence-electron chi connectivity index (χ0n) is 19.9. The van der Waals surface area contributed by atoms with Crippen molar-refractivity contribution in [2.24, 2.45) is 5.92 Å². The van der Waals surface area contributed by atoms with Crippen molar-refractivity contribution >= 4 is 17.2 Å². The van der Waals surface area contributed by atoms with Gasteiger partial charge in [-0.2, -0.15) is 4.37 Å². The van der Waals surface area contributed by atoms with Gasteiger partial charge in [0.15, 0.2) is 0 Å². The van der Waals surface area contributed by atoms with Crippen LogP contribution in [0.3, 0.4) is 0 Å². The monoisotopic (exact) mass is 479 g/mol. The molecule has 1 saturated heterocycles. The van der Waals surface area contributed by atoms with Crippen molar-refractivity contribution in [1.29, 1.82) is 0 Å². The molecule has 4 heterocycles. The van der Waals surface area contributed by atoms with Crippen molar-refractivity contribution in [3.05, 3.63) is 58.1 Å². The molecule has 8 heteroatoms. The summed E-state index contributed by atoms with van der Waals surface area (Å²) in [6, 6.07) is 8.25. The number of aromatic nitrogens is 3. The highest BCUT2D eigenvalue weighted by Crippen LogP contribution is 2.29. The molecule has 1 saturated carbocycles. The van der Waals surface area contributed by atoms with Gasteiger partial charge in [-0.15, -0.1) is 0 Å². The van der Waals surface area contributed by atoms with Crippen molar-refractivity contribution in [1.82, 2.24) is 19.2 Å². The van der Waals surface area contributed by atoms with Crippen molar-refractivity contribution in [3.63, 3.8) is 0 Å². The van der Waals surface area contributed by atoms with Crippen LogP contribution in [0.25, 0.3) is 11.3 Å². The lowest BCUT2D eigenvalue weighted by molar-refractivity contribution is 0.280. The first kappa shape index (κ1) is 23.1. The van der Waals surface area contributed by atoms with Crippen LogP contribution in [-0.4, -0.2) is 46.7 Å². The van der Waals surface area contributed by atoms with Crippen LogP contribution in [-0.2, 0) is 0 Å². The number of ether oxygens (including phenoxy) is 1. The summed E-state index contributed by atoms with van der Waals surface area (Å²) in [5.74, 6) is 1.57. The number of hydrogen-bond donors (Lipinski definition) is 1. The maximum atomic E-state index is 13.1. The molecule has 34 heavy (non-hydrogen) atoms. The van der Waals surface area contributed by atoms with E-state index >= 15 is 0 Å².